The van der Waals surface area contributed by atoms with Crippen molar-refractivity contribution in [1.29, 1.82) is 0 Å². The third-order valence-electron chi connectivity index (χ3n) is 3.65. The molecule has 0 aromatic heterocycles. The molecule has 1 aromatic carbocycles. The first-order valence-electron chi connectivity index (χ1n) is 7.44. The molecule has 1 heterocycles. The van der Waals surface area contributed by atoms with Gasteiger partial charge < -0.3 is 10.2 Å². The number of carbonyl (C=O) groups is 2. The number of rotatable bonds is 7. The first-order valence-corrected chi connectivity index (χ1v) is 7.44. The topological polar surface area (TPSA) is 49.4 Å². The molecule has 1 aliphatic rings. The number of carbonyl (C=O) groups excluding carboxylic acids is 2. The summed E-state index contributed by atoms with van der Waals surface area (Å²) in [6, 6.07) is 6.20. The molecule has 0 saturated carbocycles. The Morgan fingerprint density at radius 3 is 2.71 bits per heavy atom. The van der Waals surface area contributed by atoms with Gasteiger partial charge in [-0.15, -0.1) is 0 Å². The Morgan fingerprint density at radius 2 is 2.05 bits per heavy atom. The summed E-state index contributed by atoms with van der Waals surface area (Å²) in [6.07, 6.45) is 3.39. The predicted octanol–water partition coefficient (Wildman–Crippen LogP) is 1.89. The lowest BCUT2D eigenvalue weighted by molar-refractivity contribution is -0.127. The molecular formula is C16H21FN2O2. The molecule has 5 heteroatoms. The Morgan fingerprint density at radius 1 is 1.29 bits per heavy atom. The molecule has 1 aliphatic heterocycles. The number of nitrogens with zero attached hydrogens (tertiary/aromatic N) is 1. The van der Waals surface area contributed by atoms with Crippen molar-refractivity contribution >= 4 is 11.8 Å². The van der Waals surface area contributed by atoms with E-state index in [2.05, 4.69) is 5.32 Å². The lowest BCUT2D eigenvalue weighted by Gasteiger charge is -2.15. The van der Waals surface area contributed by atoms with Gasteiger partial charge in [0.2, 0.25) is 11.8 Å². The van der Waals surface area contributed by atoms with Crippen molar-refractivity contribution in [2.75, 3.05) is 19.6 Å². The Hall–Kier alpha value is -1.91. The Balaban J connectivity index is 1.57. The summed E-state index contributed by atoms with van der Waals surface area (Å²) in [7, 11) is 0. The Labute approximate surface area is 124 Å². The molecule has 0 atom stereocenters. The molecule has 1 N–H and O–H groups in total. The van der Waals surface area contributed by atoms with E-state index in [4.69, 9.17) is 0 Å². The summed E-state index contributed by atoms with van der Waals surface area (Å²) < 4.78 is 12.7. The number of amides is 2. The first-order chi connectivity index (χ1) is 10.1. The fourth-order valence-electron chi connectivity index (χ4n) is 2.44. The van der Waals surface area contributed by atoms with Crippen molar-refractivity contribution in [3.05, 3.63) is 35.6 Å². The minimum atomic E-state index is -0.264. The molecule has 0 bridgehead atoms. The minimum Gasteiger partial charge on any atom is -0.356 e. The van der Waals surface area contributed by atoms with Crippen molar-refractivity contribution in [3.63, 3.8) is 0 Å². The summed E-state index contributed by atoms with van der Waals surface area (Å²) in [5.41, 5.74) is 0.953. The molecule has 2 rings (SSSR count). The summed E-state index contributed by atoms with van der Waals surface area (Å²) in [4.78, 5) is 24.9. The number of benzene rings is 1. The number of halogens is 1. The Bertz CT molecular complexity index is 488. The molecule has 1 aromatic rings. The minimum absolute atomic E-state index is 0.00734. The second kappa shape index (κ2) is 7.76. The number of likely N-dealkylation sites (tertiary alicyclic amines) is 1. The van der Waals surface area contributed by atoms with Gasteiger partial charge in [-0.25, -0.2) is 4.39 Å². The molecular weight excluding hydrogens is 271 g/mol. The van der Waals surface area contributed by atoms with E-state index >= 15 is 0 Å². The van der Waals surface area contributed by atoms with Gasteiger partial charge >= 0.3 is 0 Å². The van der Waals surface area contributed by atoms with Crippen molar-refractivity contribution in [2.24, 2.45) is 0 Å². The standard InChI is InChI=1S/C16H21FN2O2/c17-14-7-4-13(5-8-14)6-9-15(20)18-10-2-12-19-11-1-3-16(19)21/h4-5,7-8H,1-3,6,9-12H2,(H,18,20). The van der Waals surface area contributed by atoms with Gasteiger partial charge in [0, 0.05) is 32.5 Å². The second-order valence-corrected chi connectivity index (χ2v) is 5.31. The van der Waals surface area contributed by atoms with Crippen LogP contribution in [0.4, 0.5) is 4.39 Å². The molecule has 114 valence electrons. The van der Waals surface area contributed by atoms with Crippen LogP contribution in [0.15, 0.2) is 24.3 Å². The van der Waals surface area contributed by atoms with Gasteiger partial charge in [-0.05, 0) is 37.0 Å². The third-order valence-corrected chi connectivity index (χ3v) is 3.65. The molecule has 0 radical (unpaired) electrons. The molecule has 0 spiro atoms. The van der Waals surface area contributed by atoms with Gasteiger partial charge in [-0.2, -0.15) is 0 Å². The number of nitrogens with one attached hydrogen (secondary N) is 1. The largest absolute Gasteiger partial charge is 0.356 e. The highest BCUT2D eigenvalue weighted by atomic mass is 19.1. The van der Waals surface area contributed by atoms with Crippen LogP contribution in [0.3, 0.4) is 0 Å². The number of aryl methyl sites for hydroxylation is 1. The van der Waals surface area contributed by atoms with E-state index in [9.17, 15) is 14.0 Å². The monoisotopic (exact) mass is 292 g/mol. The second-order valence-electron chi connectivity index (χ2n) is 5.31. The van der Waals surface area contributed by atoms with Crippen LogP contribution in [0.2, 0.25) is 0 Å². The number of hydrogen-bond donors (Lipinski definition) is 1. The van der Waals surface area contributed by atoms with Crippen LogP contribution < -0.4 is 5.32 Å². The van der Waals surface area contributed by atoms with Gasteiger partial charge in [-0.1, -0.05) is 12.1 Å². The fraction of sp³-hybridized carbons (Fsp3) is 0.500. The van der Waals surface area contributed by atoms with Crippen LogP contribution in [0.5, 0.6) is 0 Å². The Kier molecular flexibility index (Phi) is 5.72. The van der Waals surface area contributed by atoms with E-state index < -0.39 is 0 Å². The lowest BCUT2D eigenvalue weighted by Crippen LogP contribution is -2.30. The molecule has 2 amide bonds. The van der Waals surface area contributed by atoms with Crippen LogP contribution in [0.25, 0.3) is 0 Å². The predicted molar refractivity (Wildman–Crippen MR) is 78.2 cm³/mol. The third kappa shape index (κ3) is 5.17. The highest BCUT2D eigenvalue weighted by Gasteiger charge is 2.18. The van der Waals surface area contributed by atoms with Crippen molar-refractivity contribution < 1.29 is 14.0 Å². The van der Waals surface area contributed by atoms with Crippen LogP contribution >= 0.6 is 0 Å². The van der Waals surface area contributed by atoms with E-state index in [1.165, 1.54) is 12.1 Å². The fourth-order valence-corrected chi connectivity index (χ4v) is 2.44. The van der Waals surface area contributed by atoms with Crippen LogP contribution in [-0.2, 0) is 16.0 Å². The van der Waals surface area contributed by atoms with Crippen molar-refractivity contribution in [1.82, 2.24) is 10.2 Å². The molecule has 1 saturated heterocycles. The summed E-state index contributed by atoms with van der Waals surface area (Å²) in [5, 5.41) is 2.85. The van der Waals surface area contributed by atoms with Gasteiger partial charge in [0.1, 0.15) is 5.82 Å². The zero-order chi connectivity index (χ0) is 15.1. The van der Waals surface area contributed by atoms with Gasteiger partial charge in [0.05, 0.1) is 0 Å². The quantitative estimate of drug-likeness (QED) is 0.780. The average molecular weight is 292 g/mol. The van der Waals surface area contributed by atoms with Crippen LogP contribution in [0.1, 0.15) is 31.2 Å². The maximum absolute atomic E-state index is 12.7. The van der Waals surface area contributed by atoms with Crippen LogP contribution in [0, 0.1) is 5.82 Å². The summed E-state index contributed by atoms with van der Waals surface area (Å²) >= 11 is 0. The maximum atomic E-state index is 12.7. The highest BCUT2D eigenvalue weighted by Crippen LogP contribution is 2.09. The van der Waals surface area contributed by atoms with E-state index in [1.807, 2.05) is 4.90 Å². The highest BCUT2D eigenvalue weighted by molar-refractivity contribution is 5.78. The van der Waals surface area contributed by atoms with Gasteiger partial charge in [-0.3, -0.25) is 9.59 Å². The van der Waals surface area contributed by atoms with E-state index in [-0.39, 0.29) is 17.6 Å². The molecule has 4 nitrogen and oxygen atoms in total. The summed E-state index contributed by atoms with van der Waals surface area (Å²) in [5.74, 6) is -0.0515. The number of hydrogen-bond acceptors (Lipinski definition) is 2. The van der Waals surface area contributed by atoms with Gasteiger partial charge in [0.15, 0.2) is 0 Å². The lowest BCUT2D eigenvalue weighted by atomic mass is 10.1. The SMILES string of the molecule is O=C(CCc1ccc(F)cc1)NCCCN1CCCC1=O. The molecule has 21 heavy (non-hydrogen) atoms. The van der Waals surface area contributed by atoms with Crippen LogP contribution in [-0.4, -0.2) is 36.3 Å². The molecule has 1 fully saturated rings. The first kappa shape index (κ1) is 15.5. The van der Waals surface area contributed by atoms with E-state index in [0.717, 1.165) is 31.5 Å². The maximum Gasteiger partial charge on any atom is 0.222 e. The zero-order valence-electron chi connectivity index (χ0n) is 12.1. The molecule has 0 aliphatic carbocycles. The van der Waals surface area contributed by atoms with Gasteiger partial charge in [0.25, 0.3) is 0 Å². The molecule has 0 unspecified atom stereocenters. The normalized spacial score (nSPS) is 14.5. The smallest absolute Gasteiger partial charge is 0.222 e. The van der Waals surface area contributed by atoms with E-state index in [0.29, 0.717) is 25.8 Å². The average Bonchev–Trinajstić information content (AvgIpc) is 2.88. The summed E-state index contributed by atoms with van der Waals surface area (Å²) in [6.45, 7) is 2.15. The van der Waals surface area contributed by atoms with Crippen molar-refractivity contribution in [3.8, 4) is 0 Å². The van der Waals surface area contributed by atoms with Crippen molar-refractivity contribution in [2.45, 2.75) is 32.1 Å². The zero-order valence-corrected chi connectivity index (χ0v) is 12.1. The van der Waals surface area contributed by atoms with E-state index in [1.54, 1.807) is 12.1 Å².